The second-order valence-electron chi connectivity index (χ2n) is 6.32. The summed E-state index contributed by atoms with van der Waals surface area (Å²) in [5, 5.41) is 6.67. The van der Waals surface area contributed by atoms with Gasteiger partial charge in [0.05, 0.1) is 31.6 Å². The largest absolute Gasteiger partial charge is 0.493 e. The predicted octanol–water partition coefficient (Wildman–Crippen LogP) is 2.81. The van der Waals surface area contributed by atoms with Gasteiger partial charge in [-0.2, -0.15) is 0 Å². The summed E-state index contributed by atoms with van der Waals surface area (Å²) in [7, 11) is 5.04. The second kappa shape index (κ2) is 9.64. The fourth-order valence-electron chi connectivity index (χ4n) is 3.04. The third-order valence-corrected chi connectivity index (χ3v) is 4.53. The summed E-state index contributed by atoms with van der Waals surface area (Å²) < 4.78 is 12.8. The molecule has 1 heterocycles. The van der Waals surface area contributed by atoms with E-state index in [9.17, 15) is 0 Å². The number of aliphatic imine (C=N–C) groups is 1. The van der Waals surface area contributed by atoms with E-state index in [0.29, 0.717) is 6.54 Å². The van der Waals surface area contributed by atoms with Crippen molar-refractivity contribution in [3.8, 4) is 11.5 Å². The van der Waals surface area contributed by atoms with Gasteiger partial charge in [0.25, 0.3) is 0 Å². The number of benzene rings is 2. The van der Waals surface area contributed by atoms with Crippen molar-refractivity contribution in [1.29, 1.82) is 0 Å². The maximum atomic E-state index is 5.35. The Balaban J connectivity index is 1.46. The van der Waals surface area contributed by atoms with Gasteiger partial charge in [0.2, 0.25) is 0 Å². The third-order valence-electron chi connectivity index (χ3n) is 4.53. The van der Waals surface area contributed by atoms with Crippen LogP contribution in [0.1, 0.15) is 12.0 Å². The fourth-order valence-corrected chi connectivity index (χ4v) is 3.04. The Bertz CT molecular complexity index is 935. The molecule has 0 atom stereocenters. The van der Waals surface area contributed by atoms with Crippen LogP contribution in [0.25, 0.3) is 11.0 Å². The molecule has 0 spiro atoms. The molecule has 0 saturated heterocycles. The van der Waals surface area contributed by atoms with Gasteiger partial charge in [-0.25, -0.2) is 4.98 Å². The first-order valence-electron chi connectivity index (χ1n) is 9.30. The molecule has 1 aromatic heterocycles. The summed E-state index contributed by atoms with van der Waals surface area (Å²) in [5.74, 6) is 2.21. The maximum absolute atomic E-state index is 5.35. The van der Waals surface area contributed by atoms with E-state index in [1.54, 1.807) is 21.3 Å². The van der Waals surface area contributed by atoms with Crippen LogP contribution in [0.15, 0.2) is 53.8 Å². The normalized spacial score (nSPS) is 11.5. The number of imidazole rings is 1. The number of guanidine groups is 1. The molecule has 0 amide bonds. The van der Waals surface area contributed by atoms with Crippen molar-refractivity contribution in [2.75, 3.05) is 27.8 Å². The first kappa shape index (κ1) is 19.5. The Labute approximate surface area is 165 Å². The van der Waals surface area contributed by atoms with Crippen LogP contribution in [0.4, 0.5) is 0 Å². The maximum Gasteiger partial charge on any atom is 0.191 e. The Kier molecular flexibility index (Phi) is 6.73. The summed E-state index contributed by atoms with van der Waals surface area (Å²) in [6.07, 6.45) is 2.87. The van der Waals surface area contributed by atoms with Gasteiger partial charge in [-0.15, -0.1) is 0 Å². The van der Waals surface area contributed by atoms with Gasteiger partial charge >= 0.3 is 0 Å². The number of aryl methyl sites for hydroxylation is 1. The number of nitrogens with zero attached hydrogens (tertiary/aromatic N) is 3. The number of fused-ring (bicyclic) bond motifs is 1. The number of aromatic nitrogens is 2. The quantitative estimate of drug-likeness (QED) is 0.357. The van der Waals surface area contributed by atoms with Crippen molar-refractivity contribution in [3.63, 3.8) is 0 Å². The molecule has 3 rings (SSSR count). The monoisotopic (exact) mass is 381 g/mol. The number of para-hydroxylation sites is 2. The highest BCUT2D eigenvalue weighted by molar-refractivity contribution is 5.79. The van der Waals surface area contributed by atoms with E-state index in [1.165, 1.54) is 5.52 Å². The molecule has 2 aromatic carbocycles. The molecule has 0 fully saturated rings. The average molecular weight is 381 g/mol. The molecule has 28 heavy (non-hydrogen) atoms. The first-order valence-corrected chi connectivity index (χ1v) is 9.30. The highest BCUT2D eigenvalue weighted by Gasteiger charge is 2.06. The molecule has 3 aromatic rings. The molecular formula is C21H27N5O2. The zero-order valence-electron chi connectivity index (χ0n) is 16.6. The van der Waals surface area contributed by atoms with E-state index in [0.717, 1.165) is 48.0 Å². The van der Waals surface area contributed by atoms with Crippen LogP contribution in [-0.4, -0.2) is 43.3 Å². The average Bonchev–Trinajstić information content (AvgIpc) is 3.16. The molecule has 2 N–H and O–H groups in total. The van der Waals surface area contributed by atoms with Crippen molar-refractivity contribution in [1.82, 2.24) is 20.2 Å². The fraction of sp³-hybridized carbons (Fsp3) is 0.333. The van der Waals surface area contributed by atoms with Crippen LogP contribution < -0.4 is 20.1 Å². The van der Waals surface area contributed by atoms with Crippen molar-refractivity contribution in [3.05, 3.63) is 54.4 Å². The number of hydrogen-bond acceptors (Lipinski definition) is 4. The van der Waals surface area contributed by atoms with E-state index in [-0.39, 0.29) is 0 Å². The molecule has 0 radical (unpaired) electrons. The van der Waals surface area contributed by atoms with Crippen molar-refractivity contribution in [2.45, 2.75) is 19.5 Å². The van der Waals surface area contributed by atoms with Gasteiger partial charge in [0.1, 0.15) is 0 Å². The zero-order chi connectivity index (χ0) is 19.8. The van der Waals surface area contributed by atoms with Crippen molar-refractivity contribution in [2.24, 2.45) is 4.99 Å². The first-order chi connectivity index (χ1) is 13.7. The molecule has 0 unspecified atom stereocenters. The summed E-state index contributed by atoms with van der Waals surface area (Å²) in [4.78, 5) is 8.71. The van der Waals surface area contributed by atoms with E-state index >= 15 is 0 Å². The lowest BCUT2D eigenvalue weighted by molar-refractivity contribution is 0.354. The van der Waals surface area contributed by atoms with E-state index in [4.69, 9.17) is 9.47 Å². The predicted molar refractivity (Wildman–Crippen MR) is 112 cm³/mol. The highest BCUT2D eigenvalue weighted by Crippen LogP contribution is 2.27. The Morgan fingerprint density at radius 3 is 2.68 bits per heavy atom. The third kappa shape index (κ3) is 4.73. The van der Waals surface area contributed by atoms with Crippen LogP contribution in [0.2, 0.25) is 0 Å². The van der Waals surface area contributed by atoms with Crippen LogP contribution in [0.3, 0.4) is 0 Å². The Hall–Kier alpha value is -3.22. The molecule has 148 valence electrons. The van der Waals surface area contributed by atoms with Gasteiger partial charge in [0, 0.05) is 26.7 Å². The SMILES string of the molecule is CN=C(NCCCn1cnc2ccccc21)NCc1ccc(OC)c(OC)c1. The second-order valence-corrected chi connectivity index (χ2v) is 6.32. The zero-order valence-corrected chi connectivity index (χ0v) is 16.6. The summed E-state index contributed by atoms with van der Waals surface area (Å²) in [6.45, 7) is 2.37. The number of nitrogens with one attached hydrogen (secondary N) is 2. The molecule has 0 aliphatic carbocycles. The Morgan fingerprint density at radius 1 is 1.07 bits per heavy atom. The highest BCUT2D eigenvalue weighted by atomic mass is 16.5. The molecular weight excluding hydrogens is 354 g/mol. The number of hydrogen-bond donors (Lipinski definition) is 2. The van der Waals surface area contributed by atoms with Crippen molar-refractivity contribution >= 4 is 17.0 Å². The summed E-state index contributed by atoms with van der Waals surface area (Å²) in [6, 6.07) is 14.0. The van der Waals surface area contributed by atoms with Crippen LogP contribution in [0.5, 0.6) is 11.5 Å². The van der Waals surface area contributed by atoms with Gasteiger partial charge in [-0.05, 0) is 36.2 Å². The smallest absolute Gasteiger partial charge is 0.191 e. The van der Waals surface area contributed by atoms with Gasteiger partial charge in [0.15, 0.2) is 17.5 Å². The molecule has 7 nitrogen and oxygen atoms in total. The molecule has 7 heteroatoms. The van der Waals surface area contributed by atoms with Crippen LogP contribution in [-0.2, 0) is 13.1 Å². The number of rotatable bonds is 8. The summed E-state index contributed by atoms with van der Waals surface area (Å²) in [5.41, 5.74) is 3.28. The van der Waals surface area contributed by atoms with Gasteiger partial charge in [-0.3, -0.25) is 4.99 Å². The Morgan fingerprint density at radius 2 is 1.89 bits per heavy atom. The lowest BCUT2D eigenvalue weighted by Crippen LogP contribution is -2.37. The van der Waals surface area contributed by atoms with Crippen molar-refractivity contribution < 1.29 is 9.47 Å². The standard InChI is InChI=1S/C21H27N5O2/c1-22-21(24-14-16-9-10-19(27-2)20(13-16)28-3)23-11-6-12-26-15-25-17-7-4-5-8-18(17)26/h4-5,7-10,13,15H,6,11-12,14H2,1-3H3,(H2,22,23,24). The van der Waals surface area contributed by atoms with Gasteiger partial charge < -0.3 is 24.7 Å². The topological polar surface area (TPSA) is 72.7 Å². The lowest BCUT2D eigenvalue weighted by Gasteiger charge is -2.13. The molecule has 0 aliphatic rings. The lowest BCUT2D eigenvalue weighted by atomic mass is 10.2. The minimum absolute atomic E-state index is 0.645. The van der Waals surface area contributed by atoms with Crippen LogP contribution >= 0.6 is 0 Å². The minimum atomic E-state index is 0.645. The minimum Gasteiger partial charge on any atom is -0.493 e. The molecule has 0 bridgehead atoms. The van der Waals surface area contributed by atoms with Crippen LogP contribution in [0, 0.1) is 0 Å². The van der Waals surface area contributed by atoms with E-state index in [2.05, 4.69) is 31.2 Å². The molecule has 0 saturated carbocycles. The summed E-state index contributed by atoms with van der Waals surface area (Å²) >= 11 is 0. The van der Waals surface area contributed by atoms with Gasteiger partial charge in [-0.1, -0.05) is 18.2 Å². The number of methoxy groups -OCH3 is 2. The number of ether oxygens (including phenoxy) is 2. The molecule has 0 aliphatic heterocycles. The van der Waals surface area contributed by atoms with E-state index in [1.807, 2.05) is 42.7 Å². The van der Waals surface area contributed by atoms with E-state index < -0.39 is 0 Å².